The van der Waals surface area contributed by atoms with Gasteiger partial charge in [0.2, 0.25) is 5.91 Å². The smallest absolute Gasteiger partial charge is 0.220 e. The van der Waals surface area contributed by atoms with Crippen molar-refractivity contribution in [2.24, 2.45) is 5.92 Å². The molecule has 1 aliphatic carbocycles. The van der Waals surface area contributed by atoms with Gasteiger partial charge in [0.1, 0.15) is 5.75 Å². The molecule has 1 aromatic carbocycles. The Morgan fingerprint density at radius 3 is 2.55 bits per heavy atom. The summed E-state index contributed by atoms with van der Waals surface area (Å²) >= 11 is 0. The van der Waals surface area contributed by atoms with Crippen LogP contribution in [0.25, 0.3) is 0 Å². The Hall–Kier alpha value is -1.51. The van der Waals surface area contributed by atoms with Crippen LogP contribution in [0.15, 0.2) is 24.3 Å². The molecule has 0 spiro atoms. The van der Waals surface area contributed by atoms with Crippen molar-refractivity contribution >= 4 is 5.91 Å². The number of carbonyl (C=O) groups is 1. The van der Waals surface area contributed by atoms with Gasteiger partial charge in [-0.05, 0) is 50.3 Å². The summed E-state index contributed by atoms with van der Waals surface area (Å²) in [6.45, 7) is 4.68. The molecule has 1 aliphatic rings. The van der Waals surface area contributed by atoms with Crippen LogP contribution in [0.3, 0.4) is 0 Å². The van der Waals surface area contributed by atoms with Crippen molar-refractivity contribution in [3.8, 4) is 5.75 Å². The van der Waals surface area contributed by atoms with E-state index >= 15 is 0 Å². The minimum absolute atomic E-state index is 0.0552. The first-order chi connectivity index (χ1) is 9.69. The van der Waals surface area contributed by atoms with Gasteiger partial charge in [-0.1, -0.05) is 25.0 Å². The molecule has 1 N–H and O–H groups in total. The Labute approximate surface area is 121 Å². The molecule has 20 heavy (non-hydrogen) atoms. The lowest BCUT2D eigenvalue weighted by Crippen LogP contribution is -2.27. The van der Waals surface area contributed by atoms with Crippen LogP contribution in [0.2, 0.25) is 0 Å². The maximum Gasteiger partial charge on any atom is 0.220 e. The molecule has 1 unspecified atom stereocenters. The Bertz CT molecular complexity index is 421. The molecular weight excluding hydrogens is 250 g/mol. The Morgan fingerprint density at radius 2 is 1.95 bits per heavy atom. The number of ether oxygens (including phenoxy) is 1. The van der Waals surface area contributed by atoms with E-state index in [1.54, 1.807) is 0 Å². The second-order valence-corrected chi connectivity index (χ2v) is 5.65. The zero-order valence-electron chi connectivity index (χ0n) is 12.5. The fourth-order valence-electron chi connectivity index (χ4n) is 2.88. The van der Waals surface area contributed by atoms with Crippen LogP contribution in [0, 0.1) is 5.92 Å². The average Bonchev–Trinajstić information content (AvgIpc) is 2.92. The summed E-state index contributed by atoms with van der Waals surface area (Å²) in [5.74, 6) is 1.65. The predicted molar refractivity (Wildman–Crippen MR) is 80.7 cm³/mol. The summed E-state index contributed by atoms with van der Waals surface area (Å²) < 4.78 is 5.42. The summed E-state index contributed by atoms with van der Waals surface area (Å²) in [5, 5.41) is 3.09. The van der Waals surface area contributed by atoms with Crippen molar-refractivity contribution in [1.82, 2.24) is 5.32 Å². The second-order valence-electron chi connectivity index (χ2n) is 5.65. The summed E-state index contributed by atoms with van der Waals surface area (Å²) in [7, 11) is 0. The molecule has 0 aromatic heterocycles. The molecule has 3 nitrogen and oxygen atoms in total. The van der Waals surface area contributed by atoms with E-state index in [-0.39, 0.29) is 11.9 Å². The highest BCUT2D eigenvalue weighted by Gasteiger charge is 2.19. The molecule has 0 aliphatic heterocycles. The molecule has 0 saturated heterocycles. The van der Waals surface area contributed by atoms with Crippen molar-refractivity contribution in [3.05, 3.63) is 29.8 Å². The highest BCUT2D eigenvalue weighted by Crippen LogP contribution is 2.27. The van der Waals surface area contributed by atoms with Gasteiger partial charge in [0.25, 0.3) is 0 Å². The summed E-state index contributed by atoms with van der Waals surface area (Å²) in [6.07, 6.45) is 5.68. The maximum absolute atomic E-state index is 12.0. The molecule has 3 heteroatoms. The monoisotopic (exact) mass is 275 g/mol. The van der Waals surface area contributed by atoms with Gasteiger partial charge in [-0.2, -0.15) is 0 Å². The number of hydrogen-bond acceptors (Lipinski definition) is 2. The van der Waals surface area contributed by atoms with E-state index in [0.717, 1.165) is 11.3 Å². The van der Waals surface area contributed by atoms with Crippen LogP contribution in [0.4, 0.5) is 0 Å². The first-order valence-corrected chi connectivity index (χ1v) is 7.71. The van der Waals surface area contributed by atoms with E-state index in [2.05, 4.69) is 5.32 Å². The van der Waals surface area contributed by atoms with Crippen molar-refractivity contribution in [3.63, 3.8) is 0 Å². The third-order valence-electron chi connectivity index (χ3n) is 4.02. The van der Waals surface area contributed by atoms with Gasteiger partial charge in [0, 0.05) is 6.42 Å². The lowest BCUT2D eigenvalue weighted by atomic mass is 10.0. The number of amides is 1. The summed E-state index contributed by atoms with van der Waals surface area (Å²) in [6, 6.07) is 8.01. The SMILES string of the molecule is CCOc1ccc(C(C)NC(=O)CC2CCCC2)cc1. The third kappa shape index (κ3) is 4.26. The molecule has 1 saturated carbocycles. The Balaban J connectivity index is 1.83. The van der Waals surface area contributed by atoms with Crippen molar-refractivity contribution in [2.75, 3.05) is 6.61 Å². The highest BCUT2D eigenvalue weighted by molar-refractivity contribution is 5.76. The molecule has 1 aromatic rings. The minimum Gasteiger partial charge on any atom is -0.494 e. The van der Waals surface area contributed by atoms with E-state index < -0.39 is 0 Å². The van der Waals surface area contributed by atoms with Crippen molar-refractivity contribution in [2.45, 2.75) is 52.0 Å². The van der Waals surface area contributed by atoms with Gasteiger partial charge >= 0.3 is 0 Å². The van der Waals surface area contributed by atoms with Crippen LogP contribution >= 0.6 is 0 Å². The van der Waals surface area contributed by atoms with E-state index in [0.29, 0.717) is 18.9 Å². The maximum atomic E-state index is 12.0. The first-order valence-electron chi connectivity index (χ1n) is 7.71. The van der Waals surface area contributed by atoms with Crippen molar-refractivity contribution < 1.29 is 9.53 Å². The number of nitrogens with one attached hydrogen (secondary N) is 1. The zero-order chi connectivity index (χ0) is 14.4. The van der Waals surface area contributed by atoms with Crippen LogP contribution < -0.4 is 10.1 Å². The highest BCUT2D eigenvalue weighted by atomic mass is 16.5. The molecule has 0 bridgehead atoms. The van der Waals surface area contributed by atoms with Gasteiger partial charge < -0.3 is 10.1 Å². The number of hydrogen-bond donors (Lipinski definition) is 1. The van der Waals surface area contributed by atoms with E-state index in [9.17, 15) is 4.79 Å². The van der Waals surface area contributed by atoms with Crippen LogP contribution in [0.5, 0.6) is 5.75 Å². The first kappa shape index (κ1) is 14.9. The lowest BCUT2D eigenvalue weighted by molar-refractivity contribution is -0.122. The van der Waals surface area contributed by atoms with Gasteiger partial charge in [-0.15, -0.1) is 0 Å². The fraction of sp³-hybridized carbons (Fsp3) is 0.588. The normalized spacial score (nSPS) is 16.9. The second kappa shape index (κ2) is 7.32. The number of carbonyl (C=O) groups excluding carboxylic acids is 1. The number of rotatable bonds is 6. The van der Waals surface area contributed by atoms with E-state index in [4.69, 9.17) is 4.74 Å². The van der Waals surface area contributed by atoms with Crippen LogP contribution in [-0.2, 0) is 4.79 Å². The topological polar surface area (TPSA) is 38.3 Å². The fourth-order valence-corrected chi connectivity index (χ4v) is 2.88. The zero-order valence-corrected chi connectivity index (χ0v) is 12.5. The van der Waals surface area contributed by atoms with Gasteiger partial charge in [0.15, 0.2) is 0 Å². The third-order valence-corrected chi connectivity index (χ3v) is 4.02. The molecule has 2 rings (SSSR count). The quantitative estimate of drug-likeness (QED) is 0.856. The van der Waals surface area contributed by atoms with E-state index in [1.165, 1.54) is 25.7 Å². The summed E-state index contributed by atoms with van der Waals surface area (Å²) in [5.41, 5.74) is 1.12. The predicted octanol–water partition coefficient (Wildman–Crippen LogP) is 3.84. The number of benzene rings is 1. The van der Waals surface area contributed by atoms with Gasteiger partial charge in [-0.3, -0.25) is 4.79 Å². The molecule has 1 atom stereocenters. The lowest BCUT2D eigenvalue weighted by Gasteiger charge is -2.16. The van der Waals surface area contributed by atoms with Crippen LogP contribution in [-0.4, -0.2) is 12.5 Å². The standard InChI is InChI=1S/C17H25NO2/c1-3-20-16-10-8-15(9-11-16)13(2)18-17(19)12-14-6-4-5-7-14/h8-11,13-14H,3-7,12H2,1-2H3,(H,18,19). The van der Waals surface area contributed by atoms with Gasteiger partial charge in [0.05, 0.1) is 12.6 Å². The van der Waals surface area contributed by atoms with Crippen LogP contribution in [0.1, 0.15) is 57.6 Å². The summed E-state index contributed by atoms with van der Waals surface area (Å²) in [4.78, 5) is 12.0. The van der Waals surface area contributed by atoms with Gasteiger partial charge in [-0.25, -0.2) is 0 Å². The Morgan fingerprint density at radius 1 is 1.30 bits per heavy atom. The molecule has 110 valence electrons. The molecule has 0 radical (unpaired) electrons. The molecule has 1 amide bonds. The Kier molecular flexibility index (Phi) is 5.45. The van der Waals surface area contributed by atoms with E-state index in [1.807, 2.05) is 38.1 Å². The molecule has 1 fully saturated rings. The van der Waals surface area contributed by atoms with Crippen molar-refractivity contribution in [1.29, 1.82) is 0 Å². The minimum atomic E-state index is 0.0552. The molecule has 0 heterocycles. The largest absolute Gasteiger partial charge is 0.494 e. The molecular formula is C17H25NO2. The average molecular weight is 275 g/mol.